The van der Waals surface area contributed by atoms with E-state index in [0.717, 1.165) is 0 Å². The average molecular weight is 267 g/mol. The van der Waals surface area contributed by atoms with Crippen LogP contribution in [0.2, 0.25) is 0 Å². The molecule has 1 rings (SSSR count). The molecular weight excluding hydrogens is 249 g/mol. The Kier molecular flexibility index (Phi) is 5.03. The molecule has 1 N–H and O–H groups in total. The number of rotatable bonds is 5. The van der Waals surface area contributed by atoms with E-state index in [2.05, 4.69) is 0 Å². The van der Waals surface area contributed by atoms with E-state index in [1.165, 1.54) is 29.2 Å². The summed E-state index contributed by atoms with van der Waals surface area (Å²) in [5, 5.41) is 9.34. The first-order chi connectivity index (χ1) is 8.88. The second kappa shape index (κ2) is 6.31. The molecule has 104 valence electrons. The lowest BCUT2D eigenvalue weighted by atomic mass is 10.0. The number of benzene rings is 1. The third-order valence-corrected chi connectivity index (χ3v) is 2.85. The lowest BCUT2D eigenvalue weighted by Crippen LogP contribution is -2.41. The van der Waals surface area contributed by atoms with Gasteiger partial charge in [0.25, 0.3) is 0 Å². The second-order valence-corrected chi connectivity index (χ2v) is 4.57. The van der Waals surface area contributed by atoms with E-state index in [0.29, 0.717) is 5.56 Å². The first kappa shape index (κ1) is 15.1. The number of hydrogen-bond donors (Lipinski definition) is 1. The molecule has 19 heavy (non-hydrogen) atoms. The summed E-state index contributed by atoms with van der Waals surface area (Å²) in [6, 6.07) is 4.09. The molecule has 0 aliphatic rings. The highest BCUT2D eigenvalue weighted by atomic mass is 19.1. The molecule has 0 bridgehead atoms. The van der Waals surface area contributed by atoms with E-state index in [4.69, 9.17) is 0 Å². The quantitative estimate of drug-likeness (QED) is 0.891. The van der Waals surface area contributed by atoms with Crippen LogP contribution in [0.4, 0.5) is 4.39 Å². The maximum Gasteiger partial charge on any atom is 0.331 e. The molecule has 0 saturated heterocycles. The van der Waals surface area contributed by atoms with Crippen LogP contribution < -0.4 is 0 Å². The molecule has 0 aromatic heterocycles. The van der Waals surface area contributed by atoms with Gasteiger partial charge in [-0.05, 0) is 24.6 Å². The van der Waals surface area contributed by atoms with Gasteiger partial charge in [-0.3, -0.25) is 4.79 Å². The molecule has 1 unspecified atom stereocenters. The summed E-state index contributed by atoms with van der Waals surface area (Å²) < 4.78 is 12.9. The Balaban J connectivity index is 3.15. The van der Waals surface area contributed by atoms with E-state index in [9.17, 15) is 19.1 Å². The zero-order valence-electron chi connectivity index (χ0n) is 11.3. The van der Waals surface area contributed by atoms with Gasteiger partial charge in [0, 0.05) is 12.5 Å². The Morgan fingerprint density at radius 3 is 2.16 bits per heavy atom. The van der Waals surface area contributed by atoms with E-state index < -0.39 is 17.8 Å². The van der Waals surface area contributed by atoms with E-state index >= 15 is 0 Å². The highest BCUT2D eigenvalue weighted by Crippen LogP contribution is 2.23. The first-order valence-electron chi connectivity index (χ1n) is 6.17. The Bertz CT molecular complexity index is 456. The minimum atomic E-state index is -1.12. The SMILES string of the molecule is CCN(C(=O)C(C)C)C(C(=O)O)c1ccc(F)cc1. The summed E-state index contributed by atoms with van der Waals surface area (Å²) in [7, 11) is 0. The fourth-order valence-corrected chi connectivity index (χ4v) is 1.90. The van der Waals surface area contributed by atoms with Crippen molar-refractivity contribution < 1.29 is 19.1 Å². The minimum Gasteiger partial charge on any atom is -0.479 e. The normalized spacial score (nSPS) is 12.3. The largest absolute Gasteiger partial charge is 0.479 e. The van der Waals surface area contributed by atoms with E-state index in [1.54, 1.807) is 20.8 Å². The second-order valence-electron chi connectivity index (χ2n) is 4.57. The number of halogens is 1. The van der Waals surface area contributed by atoms with E-state index in [1.807, 2.05) is 0 Å². The predicted molar refractivity (Wildman–Crippen MR) is 69.0 cm³/mol. The molecule has 1 amide bonds. The molecule has 0 aliphatic carbocycles. The lowest BCUT2D eigenvalue weighted by molar-refractivity contribution is -0.151. The zero-order chi connectivity index (χ0) is 14.6. The first-order valence-corrected chi connectivity index (χ1v) is 6.17. The van der Waals surface area contributed by atoms with Crippen molar-refractivity contribution in [2.45, 2.75) is 26.8 Å². The van der Waals surface area contributed by atoms with Gasteiger partial charge >= 0.3 is 5.97 Å². The number of carbonyl (C=O) groups excluding carboxylic acids is 1. The van der Waals surface area contributed by atoms with Gasteiger partial charge in [-0.2, -0.15) is 0 Å². The van der Waals surface area contributed by atoms with Gasteiger partial charge in [-0.15, -0.1) is 0 Å². The van der Waals surface area contributed by atoms with Crippen LogP contribution in [0.15, 0.2) is 24.3 Å². The third kappa shape index (κ3) is 3.53. The molecule has 0 fully saturated rings. The zero-order valence-corrected chi connectivity index (χ0v) is 11.3. The van der Waals surface area contributed by atoms with Gasteiger partial charge in [-0.1, -0.05) is 26.0 Å². The molecule has 0 saturated carbocycles. The highest BCUT2D eigenvalue weighted by molar-refractivity contribution is 5.85. The summed E-state index contributed by atoms with van der Waals surface area (Å²) in [6.07, 6.45) is 0. The number of nitrogens with zero attached hydrogens (tertiary/aromatic N) is 1. The van der Waals surface area contributed by atoms with Crippen molar-refractivity contribution in [3.63, 3.8) is 0 Å². The number of carboxylic acids is 1. The monoisotopic (exact) mass is 267 g/mol. The van der Waals surface area contributed by atoms with Crippen LogP contribution in [0.25, 0.3) is 0 Å². The number of carbonyl (C=O) groups is 2. The van der Waals surface area contributed by atoms with Gasteiger partial charge in [0.05, 0.1) is 0 Å². The van der Waals surface area contributed by atoms with Crippen molar-refractivity contribution in [2.75, 3.05) is 6.54 Å². The molecule has 0 aliphatic heterocycles. The average Bonchev–Trinajstić information content (AvgIpc) is 2.36. The summed E-state index contributed by atoms with van der Waals surface area (Å²) in [5.41, 5.74) is 0.393. The Morgan fingerprint density at radius 1 is 1.26 bits per heavy atom. The van der Waals surface area contributed by atoms with Crippen molar-refractivity contribution >= 4 is 11.9 Å². The molecule has 1 aromatic rings. The number of carboxylic acid groups (broad SMARTS) is 1. The van der Waals surface area contributed by atoms with Crippen LogP contribution in [-0.4, -0.2) is 28.4 Å². The van der Waals surface area contributed by atoms with Gasteiger partial charge in [0.2, 0.25) is 5.91 Å². The van der Waals surface area contributed by atoms with Crippen molar-refractivity contribution in [1.82, 2.24) is 4.90 Å². The molecule has 5 heteroatoms. The standard InChI is InChI=1S/C14H18FNO3/c1-4-16(13(17)9(2)3)12(14(18)19)10-5-7-11(15)8-6-10/h5-9,12H,4H2,1-3H3,(H,18,19). The van der Waals surface area contributed by atoms with Gasteiger partial charge in [0.1, 0.15) is 5.82 Å². The Labute approximate surface area is 111 Å². The number of likely N-dealkylation sites (N-methyl/N-ethyl adjacent to an activating group) is 1. The van der Waals surface area contributed by atoms with Gasteiger partial charge in [-0.25, -0.2) is 9.18 Å². The van der Waals surface area contributed by atoms with Crippen LogP contribution in [-0.2, 0) is 9.59 Å². The van der Waals surface area contributed by atoms with Crippen LogP contribution in [0.5, 0.6) is 0 Å². The van der Waals surface area contributed by atoms with Crippen molar-refractivity contribution in [3.8, 4) is 0 Å². The summed E-state index contributed by atoms with van der Waals surface area (Å²) >= 11 is 0. The summed E-state index contributed by atoms with van der Waals surface area (Å²) in [5.74, 6) is -2.09. The molecule has 1 aromatic carbocycles. The predicted octanol–water partition coefficient (Wildman–Crippen LogP) is 2.46. The van der Waals surface area contributed by atoms with Crippen molar-refractivity contribution in [1.29, 1.82) is 0 Å². The van der Waals surface area contributed by atoms with Gasteiger partial charge < -0.3 is 10.0 Å². The van der Waals surface area contributed by atoms with E-state index in [-0.39, 0.29) is 18.4 Å². The fraction of sp³-hybridized carbons (Fsp3) is 0.429. The molecular formula is C14H18FNO3. The topological polar surface area (TPSA) is 57.6 Å². The fourth-order valence-electron chi connectivity index (χ4n) is 1.90. The molecule has 0 spiro atoms. The number of hydrogen-bond acceptors (Lipinski definition) is 2. The van der Waals surface area contributed by atoms with Crippen molar-refractivity contribution in [3.05, 3.63) is 35.6 Å². The maximum atomic E-state index is 12.9. The summed E-state index contributed by atoms with van der Waals surface area (Å²) in [4.78, 5) is 24.8. The number of amides is 1. The number of aliphatic carboxylic acids is 1. The molecule has 0 radical (unpaired) electrons. The smallest absolute Gasteiger partial charge is 0.331 e. The van der Waals surface area contributed by atoms with Crippen LogP contribution in [0.3, 0.4) is 0 Å². The van der Waals surface area contributed by atoms with Gasteiger partial charge in [0.15, 0.2) is 6.04 Å². The van der Waals surface area contributed by atoms with Crippen LogP contribution in [0.1, 0.15) is 32.4 Å². The molecule has 0 heterocycles. The van der Waals surface area contributed by atoms with Crippen LogP contribution >= 0.6 is 0 Å². The maximum absolute atomic E-state index is 12.9. The Morgan fingerprint density at radius 2 is 1.79 bits per heavy atom. The minimum absolute atomic E-state index is 0.237. The molecule has 1 atom stereocenters. The highest BCUT2D eigenvalue weighted by Gasteiger charge is 2.31. The molecule has 4 nitrogen and oxygen atoms in total. The summed E-state index contributed by atoms with van der Waals surface area (Å²) in [6.45, 7) is 5.44. The lowest BCUT2D eigenvalue weighted by Gasteiger charge is -2.29. The third-order valence-electron chi connectivity index (χ3n) is 2.85. The Hall–Kier alpha value is -1.91. The van der Waals surface area contributed by atoms with Crippen molar-refractivity contribution in [2.24, 2.45) is 5.92 Å². The van der Waals surface area contributed by atoms with Crippen LogP contribution in [0, 0.1) is 11.7 Å².